The van der Waals surface area contributed by atoms with Crippen molar-refractivity contribution in [1.82, 2.24) is 19.5 Å². The maximum Gasteiger partial charge on any atom is 0.161 e. The Labute approximate surface area is 323 Å². The highest BCUT2D eigenvalue weighted by Gasteiger charge is 2.42. The molecular formula is C25H208N6O2. The number of fused-ring (bicyclic) bond motifs is 1. The molecule has 4 atom stereocenters. The van der Waals surface area contributed by atoms with E-state index in [1.807, 2.05) is 30.6 Å². The predicted molar refractivity (Wildman–Crippen MR) is 313 cm³/mol. The number of β-amino-alcohol motifs (C(OH)–C–C–N with tert-alkyl or cyclic N) is 1. The van der Waals surface area contributed by atoms with Crippen LogP contribution in [0.25, 0.3) is 5.52 Å². The van der Waals surface area contributed by atoms with Crippen molar-refractivity contribution in [1.29, 1.82) is 0 Å². The number of methoxy groups -OCH3 is 1. The Morgan fingerprint density at radius 3 is 2.70 bits per heavy atom. The summed E-state index contributed by atoms with van der Waals surface area (Å²) in [6.45, 7) is 11.8. The fourth-order valence-electron chi connectivity index (χ4n) is 4.97. The number of aryl methyl sites for hydroxylation is 2. The van der Waals surface area contributed by atoms with E-state index in [1.54, 1.807) is 13.4 Å². The lowest BCUT2D eigenvalue weighted by molar-refractivity contribution is -0.0335. The number of piperidine rings is 1. The summed E-state index contributed by atoms with van der Waals surface area (Å²) in [4.78, 5) is 9.11. The third-order valence-electron chi connectivity index (χ3n) is 7.55. The molecule has 3 heterocycles. The quantitative estimate of drug-likeness (QED) is 0.291. The summed E-state index contributed by atoms with van der Waals surface area (Å²) in [6, 6.07) is 6.10. The number of anilines is 2. The second-order valence-corrected chi connectivity index (χ2v) is 9.73. The summed E-state index contributed by atoms with van der Waals surface area (Å²) < 4.78 is 7.37. The van der Waals surface area contributed by atoms with Crippen molar-refractivity contribution in [3.8, 4) is 5.75 Å². The molecule has 2 aromatic heterocycles. The van der Waals surface area contributed by atoms with Gasteiger partial charge >= 0.3 is 0 Å². The fraction of sp³-hybridized carbons (Fsp3) is 0.520. The number of aromatic nitrogens is 3. The summed E-state index contributed by atoms with van der Waals surface area (Å²) in [5.41, 5.74) is 11.2. The third-order valence-corrected chi connectivity index (χ3v) is 7.55. The molecule has 0 spiro atoms. The minimum absolute atomic E-state index is 0. The van der Waals surface area contributed by atoms with Crippen molar-refractivity contribution in [2.75, 3.05) is 32.1 Å². The van der Waals surface area contributed by atoms with Crippen LogP contribution >= 0.6 is 0 Å². The number of likely N-dealkylation sites (tertiary alicyclic amines) is 1. The van der Waals surface area contributed by atoms with E-state index in [9.17, 15) is 5.11 Å². The number of nitrogens with two attached hydrogens (primary N) is 1. The van der Waals surface area contributed by atoms with Crippen LogP contribution < -0.4 is 15.4 Å². The van der Waals surface area contributed by atoms with Gasteiger partial charge in [0.25, 0.3) is 0 Å². The van der Waals surface area contributed by atoms with E-state index in [0.717, 1.165) is 46.0 Å². The zero-order chi connectivity index (χ0) is 24.1. The highest BCUT2D eigenvalue weighted by atomic mass is 16.5. The molecular weight excluding hydrogens is 416 g/mol. The van der Waals surface area contributed by atoms with E-state index >= 15 is 0 Å². The largest absolute Gasteiger partial charge is 0.497 e. The summed E-state index contributed by atoms with van der Waals surface area (Å²) in [7, 11) is 3.70. The van der Waals surface area contributed by atoms with E-state index in [-0.39, 0.29) is 135 Å². The molecule has 33 heavy (non-hydrogen) atoms. The van der Waals surface area contributed by atoms with Crippen LogP contribution in [0.15, 0.2) is 30.7 Å². The van der Waals surface area contributed by atoms with Crippen molar-refractivity contribution >= 4 is 17.0 Å². The highest BCUT2D eigenvalue weighted by Crippen LogP contribution is 2.39. The molecule has 0 aliphatic carbocycles. The first-order valence-corrected chi connectivity index (χ1v) is 11.5. The standard InChI is InChI=1S/C25H36N6O2.86H2/c1-15-8-9-19(33-7)10-20(15)29(6)24-23-22(16(2)11-31(23)28-14-27-24)18(4)30-12-17(3)25(5,26)21(32)13-30;;;;;;;;;;;;;;;;;;;;;;;;;;;;;;;;;;;;;;;;;;;;;;;;;;;;;;;;;;;;;;;;;;;;;;;;;;;;;;;;;;;;;;/h8-11,14,17-18,21,32H,12-13,26H2,1-7H3;86*1H/t17?,18?,21-,25-;;;;;;;;;;;;;;;;;;;;;;;;;;;;;;;;;;;;;;;;;;;;;;;;;;;;;;;;;;;;;;;;;;;;;;;;;;;;;;;;;;;;;;/m1....................................................................................../s1. The number of aliphatic hydroxyl groups is 1. The molecule has 8 nitrogen and oxygen atoms in total. The van der Waals surface area contributed by atoms with Gasteiger partial charge in [0, 0.05) is 178 Å². The minimum atomic E-state index is -0.591. The van der Waals surface area contributed by atoms with Crippen LogP contribution in [0.1, 0.15) is 166 Å². The first-order valence-electron chi connectivity index (χ1n) is 11.5. The Morgan fingerprint density at radius 1 is 1.30 bits per heavy atom. The van der Waals surface area contributed by atoms with Gasteiger partial charge in [0.1, 0.15) is 17.6 Å². The van der Waals surface area contributed by atoms with Crippen LogP contribution in [-0.2, 0) is 0 Å². The average molecular weight is 626 g/mol. The molecule has 4 rings (SSSR count). The average Bonchev–Trinajstić information content (AvgIpc) is 3.12. The Kier molecular flexibility index (Phi) is 6.11. The lowest BCUT2D eigenvalue weighted by Gasteiger charge is -2.47. The molecule has 3 N–H and O–H groups in total. The molecule has 0 saturated carbocycles. The molecule has 0 radical (unpaired) electrons. The van der Waals surface area contributed by atoms with Crippen molar-refractivity contribution in [2.45, 2.75) is 52.3 Å². The fourth-order valence-corrected chi connectivity index (χ4v) is 4.97. The number of benzene rings is 1. The van der Waals surface area contributed by atoms with Gasteiger partial charge in [0.05, 0.1) is 13.2 Å². The van der Waals surface area contributed by atoms with Crippen LogP contribution in [0.4, 0.5) is 11.5 Å². The monoisotopic (exact) mass is 626 g/mol. The number of nitrogens with zero attached hydrogens (tertiary/aromatic N) is 5. The van der Waals surface area contributed by atoms with Crippen LogP contribution in [-0.4, -0.2) is 63.5 Å². The second-order valence-electron chi connectivity index (χ2n) is 9.73. The Morgan fingerprint density at radius 2 is 2.03 bits per heavy atom. The van der Waals surface area contributed by atoms with E-state index in [1.165, 1.54) is 0 Å². The van der Waals surface area contributed by atoms with Crippen molar-refractivity contribution in [3.05, 3.63) is 47.4 Å². The molecule has 1 aliphatic heterocycles. The summed E-state index contributed by atoms with van der Waals surface area (Å²) in [6.07, 6.45) is 3.06. The van der Waals surface area contributed by atoms with Gasteiger partial charge in [-0.05, 0) is 50.8 Å². The molecule has 1 fully saturated rings. The third kappa shape index (κ3) is 3.96. The van der Waals surface area contributed by atoms with Gasteiger partial charge in [0.2, 0.25) is 0 Å². The van der Waals surface area contributed by atoms with Crippen molar-refractivity contribution in [2.24, 2.45) is 11.7 Å². The number of hydrogen-bond donors (Lipinski definition) is 2. The molecule has 1 saturated heterocycles. The lowest BCUT2D eigenvalue weighted by atomic mass is 9.78. The summed E-state index contributed by atoms with van der Waals surface area (Å²) >= 11 is 0. The topological polar surface area (TPSA) is 92.2 Å². The van der Waals surface area contributed by atoms with Crippen LogP contribution in [0.2, 0.25) is 0 Å². The lowest BCUT2D eigenvalue weighted by Crippen LogP contribution is -2.64. The van der Waals surface area contributed by atoms with Gasteiger partial charge in [-0.15, -0.1) is 0 Å². The molecule has 0 bridgehead atoms. The van der Waals surface area contributed by atoms with E-state index in [4.69, 9.17) is 15.5 Å². The molecule has 1 aliphatic rings. The van der Waals surface area contributed by atoms with Gasteiger partial charge < -0.3 is 20.5 Å². The van der Waals surface area contributed by atoms with E-state index < -0.39 is 11.6 Å². The van der Waals surface area contributed by atoms with Gasteiger partial charge in [0.15, 0.2) is 5.82 Å². The second kappa shape index (κ2) is 8.59. The minimum Gasteiger partial charge on any atom is -0.497 e. The zero-order valence-corrected chi connectivity index (χ0v) is 20.7. The van der Waals surface area contributed by atoms with Crippen molar-refractivity contribution in [3.63, 3.8) is 0 Å². The number of ether oxygens (including phenoxy) is 1. The van der Waals surface area contributed by atoms with E-state index in [2.05, 4.69) is 54.9 Å². The molecule has 350 valence electrons. The van der Waals surface area contributed by atoms with Gasteiger partial charge in [-0.3, -0.25) is 4.90 Å². The highest BCUT2D eigenvalue weighted by molar-refractivity contribution is 5.80. The molecule has 8 heteroatoms. The zero-order valence-electron chi connectivity index (χ0n) is 20.7. The van der Waals surface area contributed by atoms with E-state index in [0.29, 0.717) is 6.54 Å². The maximum atomic E-state index is 10.8. The Bertz CT molecular complexity index is 1240. The van der Waals surface area contributed by atoms with Gasteiger partial charge in [-0.25, -0.2) is 9.50 Å². The summed E-state index contributed by atoms with van der Waals surface area (Å²) in [5, 5.41) is 15.3. The SMILES string of the molecule is COc1ccc(C)c(N(C)c2ncnn3cc(C)c(C(C)N4CC(C)[C@@](C)(N)[C@H](O)C4)c23)c1.[HH].[HH].[HH].[HH].[HH].[HH].[HH].[HH].[HH].[HH].[HH].[HH].[HH].[HH].[HH].[HH].[HH].[HH].[HH].[HH].[HH].[HH].[HH].[HH].[HH].[HH].[HH].[HH].[HH].[HH].[HH].[HH].[HH].[HH].[HH].[HH].[HH].[HH].[HH].[HH].[HH].[HH].[HH].[HH].[HH].[HH].[HH].[HH].[HH].[HH].[HH].[HH].[HH].[HH].[HH].[HH].[HH].[HH].[HH].[HH].[HH].[HH].[HH].[HH].[HH].[HH].[HH].[HH].[HH].[HH].[HH].[HH].[HH].[HH].[HH].[HH].[HH].[HH].[HH].[HH].[HH].[HH].[HH].[HH].[HH].[HH]. The molecule has 0 amide bonds. The normalized spacial score (nSPS) is 24.8. The van der Waals surface area contributed by atoms with Crippen LogP contribution in [0.5, 0.6) is 5.75 Å². The summed E-state index contributed by atoms with van der Waals surface area (Å²) in [5.74, 6) is 1.79. The maximum absolute atomic E-state index is 10.8. The Hall–Kier alpha value is -2.68. The molecule has 2 unspecified atom stereocenters. The smallest absolute Gasteiger partial charge is 0.161 e. The van der Waals surface area contributed by atoms with Crippen LogP contribution in [0.3, 0.4) is 0 Å². The van der Waals surface area contributed by atoms with Crippen molar-refractivity contribution < 1.29 is 133 Å². The first-order chi connectivity index (χ1) is 15.6. The first kappa shape index (κ1) is 23.5. The molecule has 3 aromatic rings. The number of hydrogen-bond acceptors (Lipinski definition) is 7. The van der Waals surface area contributed by atoms with Gasteiger partial charge in [-0.2, -0.15) is 5.10 Å². The number of rotatable bonds is 5. The molecule has 1 aromatic carbocycles. The van der Waals surface area contributed by atoms with Gasteiger partial charge in [-0.1, -0.05) is 13.0 Å². The predicted octanol–water partition coefficient (Wildman–Crippen LogP) is 24.4. The van der Waals surface area contributed by atoms with Crippen LogP contribution in [0, 0.1) is 19.8 Å². The Balaban J connectivity index is -0.00000000186. The number of aliphatic hydroxyl groups excluding tert-OH is 1.